The second-order valence-corrected chi connectivity index (χ2v) is 10.8. The number of carbonyl (C=O) groups excluding carboxylic acids is 6. The number of carbonyl (C=O) groups is 6. The van der Waals surface area contributed by atoms with Crippen molar-refractivity contribution in [1.82, 2.24) is 36.3 Å². The summed E-state index contributed by atoms with van der Waals surface area (Å²) in [6, 6.07) is -1.43. The second-order valence-electron chi connectivity index (χ2n) is 8.55. The van der Waals surface area contributed by atoms with Gasteiger partial charge in [0, 0.05) is 32.1 Å². The van der Waals surface area contributed by atoms with Crippen molar-refractivity contribution in [1.29, 1.82) is 0 Å². The smallest absolute Gasteiger partial charge is 0.322 e. The zero-order chi connectivity index (χ0) is 25.7. The van der Waals surface area contributed by atoms with Gasteiger partial charge < -0.3 is 5.32 Å². The van der Waals surface area contributed by atoms with Crippen molar-refractivity contribution in [3.05, 3.63) is 20.0 Å². The van der Waals surface area contributed by atoms with E-state index in [4.69, 9.17) is 0 Å². The molecule has 0 saturated carbocycles. The molecule has 0 aromatic carbocycles. The van der Waals surface area contributed by atoms with Gasteiger partial charge in [-0.25, -0.2) is 4.79 Å². The number of Topliss-reactive ketones (excluding diaryl/α,β-unsaturated/α-hetero) is 2. The highest BCUT2D eigenvalue weighted by Crippen LogP contribution is 2.20. The molecule has 36 heavy (non-hydrogen) atoms. The van der Waals surface area contributed by atoms with Gasteiger partial charge in [-0.15, -0.1) is 43.1 Å². The average molecular weight is 534 g/mol. The van der Waals surface area contributed by atoms with Crippen LogP contribution in [0.15, 0.2) is 0 Å². The molecule has 2 fully saturated rings. The van der Waals surface area contributed by atoms with Crippen LogP contribution >= 0.6 is 22.7 Å². The standard InChI is InChI=1S/C21H23N7O6S2/c29-11(5-10-6-14(31)23-19(10)32)8-17-27-25-15(35-17)3-1-2-4-16-26-28-18(36-16)9-12(30)7-13-20(33)24-21(34)22-13/h10,13H,1-9H2,(H,23,31,32)(H2,22,24,33,34). The molecule has 2 unspecified atom stereocenters. The Hall–Kier alpha value is -3.46. The van der Waals surface area contributed by atoms with Crippen molar-refractivity contribution in [2.45, 2.75) is 63.8 Å². The lowest BCUT2D eigenvalue weighted by Crippen LogP contribution is -2.31. The SMILES string of the molecule is O=C(Cc1nnc(CCCCc2nnc(CC(=O)CC3NC(=O)NC3=O)s2)s1)CC1CC(=O)NC1=O. The molecule has 4 heterocycles. The maximum atomic E-state index is 12.2. The number of unbranched alkanes of at least 4 members (excludes halogenated alkanes) is 1. The van der Waals surface area contributed by atoms with Crippen molar-refractivity contribution in [2.24, 2.45) is 5.92 Å². The quantitative estimate of drug-likeness (QED) is 0.177. The number of hydrogen-bond donors (Lipinski definition) is 3. The van der Waals surface area contributed by atoms with E-state index in [1.807, 2.05) is 0 Å². The lowest BCUT2D eigenvalue weighted by atomic mass is 10.00. The maximum Gasteiger partial charge on any atom is 0.322 e. The predicted molar refractivity (Wildman–Crippen MR) is 125 cm³/mol. The van der Waals surface area contributed by atoms with Gasteiger partial charge in [0.1, 0.15) is 37.6 Å². The van der Waals surface area contributed by atoms with Gasteiger partial charge in [0.05, 0.1) is 18.8 Å². The molecule has 4 rings (SSSR count). The van der Waals surface area contributed by atoms with E-state index in [2.05, 4.69) is 36.3 Å². The van der Waals surface area contributed by atoms with Crippen LogP contribution in [0.2, 0.25) is 0 Å². The summed E-state index contributed by atoms with van der Waals surface area (Å²) in [6.07, 6.45) is 3.20. The molecule has 3 N–H and O–H groups in total. The Kier molecular flexibility index (Phi) is 8.20. The topological polar surface area (TPSA) is 190 Å². The molecule has 2 saturated heterocycles. The van der Waals surface area contributed by atoms with E-state index in [0.29, 0.717) is 22.9 Å². The normalized spacial score (nSPS) is 19.3. The van der Waals surface area contributed by atoms with Crippen LogP contribution in [0, 0.1) is 5.92 Å². The van der Waals surface area contributed by atoms with Crippen molar-refractivity contribution in [2.75, 3.05) is 0 Å². The Balaban J connectivity index is 1.13. The van der Waals surface area contributed by atoms with E-state index in [1.165, 1.54) is 22.7 Å². The first-order valence-electron chi connectivity index (χ1n) is 11.4. The number of hydrogen-bond acceptors (Lipinski definition) is 12. The fourth-order valence-corrected chi connectivity index (χ4v) is 5.66. The lowest BCUT2D eigenvalue weighted by Gasteiger charge is -2.04. The van der Waals surface area contributed by atoms with Crippen LogP contribution < -0.4 is 16.0 Å². The minimum Gasteiger partial charge on any atom is -0.326 e. The third-order valence-corrected chi connectivity index (χ3v) is 7.54. The van der Waals surface area contributed by atoms with Crippen LogP contribution in [0.25, 0.3) is 0 Å². The first-order valence-corrected chi connectivity index (χ1v) is 13.0. The summed E-state index contributed by atoms with van der Waals surface area (Å²) in [5.41, 5.74) is 0. The zero-order valence-electron chi connectivity index (χ0n) is 19.1. The molecule has 5 amide bonds. The molecule has 2 aliphatic rings. The van der Waals surface area contributed by atoms with Crippen LogP contribution in [0.5, 0.6) is 0 Å². The summed E-state index contributed by atoms with van der Waals surface area (Å²) in [4.78, 5) is 69.9. The molecule has 0 spiro atoms. The largest absolute Gasteiger partial charge is 0.326 e. The Bertz CT molecular complexity index is 1120. The summed E-state index contributed by atoms with van der Waals surface area (Å²) in [6.45, 7) is 0. The van der Waals surface area contributed by atoms with Crippen molar-refractivity contribution < 1.29 is 28.8 Å². The molecule has 0 aliphatic carbocycles. The molecule has 2 atom stereocenters. The lowest BCUT2D eigenvalue weighted by molar-refractivity contribution is -0.128. The Morgan fingerprint density at radius 3 is 1.81 bits per heavy atom. The van der Waals surface area contributed by atoms with Gasteiger partial charge in [0.2, 0.25) is 11.8 Å². The summed E-state index contributed by atoms with van der Waals surface area (Å²) in [7, 11) is 0. The van der Waals surface area contributed by atoms with Crippen LogP contribution in [-0.2, 0) is 49.7 Å². The summed E-state index contributed by atoms with van der Waals surface area (Å²) in [5.74, 6) is -2.18. The molecule has 2 aromatic heterocycles. The average Bonchev–Trinajstić information content (AvgIpc) is 3.56. The fraction of sp³-hybridized carbons (Fsp3) is 0.524. The van der Waals surface area contributed by atoms with Gasteiger partial charge >= 0.3 is 6.03 Å². The van der Waals surface area contributed by atoms with Gasteiger partial charge in [-0.05, 0) is 12.8 Å². The van der Waals surface area contributed by atoms with Crippen LogP contribution in [0.1, 0.15) is 52.1 Å². The molecule has 0 radical (unpaired) electrons. The van der Waals surface area contributed by atoms with Gasteiger partial charge in [0.25, 0.3) is 5.91 Å². The molecular weight excluding hydrogens is 510 g/mol. The van der Waals surface area contributed by atoms with Crippen LogP contribution in [0.4, 0.5) is 4.79 Å². The number of nitrogens with one attached hydrogen (secondary N) is 3. The van der Waals surface area contributed by atoms with Crippen molar-refractivity contribution >= 4 is 58.0 Å². The highest BCUT2D eigenvalue weighted by atomic mass is 32.1. The number of urea groups is 1. The van der Waals surface area contributed by atoms with Gasteiger partial charge in [-0.3, -0.25) is 34.6 Å². The molecule has 13 nitrogen and oxygen atoms in total. The van der Waals surface area contributed by atoms with Crippen LogP contribution in [-0.4, -0.2) is 61.8 Å². The molecule has 15 heteroatoms. The predicted octanol–water partition coefficient (Wildman–Crippen LogP) is -0.171. The summed E-state index contributed by atoms with van der Waals surface area (Å²) >= 11 is 2.71. The first-order chi connectivity index (χ1) is 17.2. The number of aromatic nitrogens is 4. The van der Waals surface area contributed by atoms with E-state index in [-0.39, 0.29) is 49.6 Å². The monoisotopic (exact) mass is 533 g/mol. The van der Waals surface area contributed by atoms with Crippen LogP contribution in [0.3, 0.4) is 0 Å². The molecule has 2 aromatic rings. The summed E-state index contributed by atoms with van der Waals surface area (Å²) in [5, 5.41) is 25.8. The van der Waals surface area contributed by atoms with E-state index < -0.39 is 29.8 Å². The molecular formula is C21H23N7O6S2. The van der Waals surface area contributed by atoms with E-state index >= 15 is 0 Å². The molecule has 190 valence electrons. The third kappa shape index (κ3) is 7.04. The Morgan fingerprint density at radius 2 is 1.31 bits per heavy atom. The van der Waals surface area contributed by atoms with E-state index in [9.17, 15) is 28.8 Å². The van der Waals surface area contributed by atoms with Crippen molar-refractivity contribution in [3.63, 3.8) is 0 Å². The first kappa shape index (κ1) is 25.6. The van der Waals surface area contributed by atoms with Gasteiger partial charge in [-0.2, -0.15) is 0 Å². The number of ketones is 2. The highest BCUT2D eigenvalue weighted by molar-refractivity contribution is 7.11. The number of imide groups is 2. The number of rotatable bonds is 13. The summed E-state index contributed by atoms with van der Waals surface area (Å²) < 4.78 is 0. The second kappa shape index (κ2) is 11.5. The minimum absolute atomic E-state index is 0.0222. The van der Waals surface area contributed by atoms with Gasteiger partial charge in [-0.1, -0.05) is 0 Å². The fourth-order valence-electron chi connectivity index (χ4n) is 3.83. The Labute approximate surface area is 212 Å². The molecule has 0 bridgehead atoms. The van der Waals surface area contributed by atoms with Gasteiger partial charge in [0.15, 0.2) is 0 Å². The highest BCUT2D eigenvalue weighted by Gasteiger charge is 2.32. The van der Waals surface area contributed by atoms with Crippen molar-refractivity contribution in [3.8, 4) is 0 Å². The minimum atomic E-state index is -0.837. The molecule has 2 aliphatic heterocycles. The zero-order valence-corrected chi connectivity index (χ0v) is 20.7. The van der Waals surface area contributed by atoms with E-state index in [0.717, 1.165) is 22.9 Å². The third-order valence-electron chi connectivity index (χ3n) is 5.58. The number of nitrogens with zero attached hydrogens (tertiary/aromatic N) is 4. The Morgan fingerprint density at radius 1 is 0.750 bits per heavy atom. The number of amides is 5. The van der Waals surface area contributed by atoms with E-state index in [1.54, 1.807) is 0 Å². The maximum absolute atomic E-state index is 12.2. The number of aryl methyl sites for hydroxylation is 2.